The molecule has 0 heterocycles. The van der Waals surface area contributed by atoms with Crippen molar-refractivity contribution in [2.45, 2.75) is 19.4 Å². The molecule has 6 nitrogen and oxygen atoms in total. The van der Waals surface area contributed by atoms with Crippen LogP contribution in [0.3, 0.4) is 0 Å². The van der Waals surface area contributed by atoms with Crippen molar-refractivity contribution in [3.05, 3.63) is 34.9 Å². The fourth-order valence-corrected chi connectivity index (χ4v) is 2.20. The Kier molecular flexibility index (Phi) is 5.97. The smallest absolute Gasteiger partial charge is 0.401 e. The Bertz CT molecular complexity index is 490. The largest absolute Gasteiger partial charge is 0.464 e. The number of benzene rings is 1. The molecule has 0 amide bonds. The van der Waals surface area contributed by atoms with E-state index in [1.54, 1.807) is 31.2 Å². The molecule has 1 aromatic carbocycles. The summed E-state index contributed by atoms with van der Waals surface area (Å²) >= 11 is 5.82. The Balaban J connectivity index is 2.85. The first-order valence-corrected chi connectivity index (χ1v) is 7.55. The molecule has 0 fully saturated rings. The molecule has 8 heteroatoms. The zero-order chi connectivity index (χ0) is 14.5. The van der Waals surface area contributed by atoms with Crippen LogP contribution in [-0.4, -0.2) is 23.6 Å². The van der Waals surface area contributed by atoms with Crippen LogP contribution < -0.4 is 5.50 Å². The quantitative estimate of drug-likeness (QED) is 0.615. The maximum absolute atomic E-state index is 11.6. The molecule has 0 saturated carbocycles. The van der Waals surface area contributed by atoms with Crippen LogP contribution in [0.4, 0.5) is 0 Å². The molecule has 0 aliphatic carbocycles. The summed E-state index contributed by atoms with van der Waals surface area (Å²) < 4.78 is 20.5. The molecule has 3 N–H and O–H groups in total. The SMILES string of the molecule is CCOC(=O)C(Cc1cccc(Cl)c1)OP(N)(=O)O. The average molecular weight is 308 g/mol. The first-order chi connectivity index (χ1) is 8.81. The van der Waals surface area contributed by atoms with Crippen LogP contribution >= 0.6 is 19.3 Å². The molecule has 2 unspecified atom stereocenters. The van der Waals surface area contributed by atoms with Gasteiger partial charge < -0.3 is 9.63 Å². The zero-order valence-electron chi connectivity index (χ0n) is 10.3. The van der Waals surface area contributed by atoms with Gasteiger partial charge in [-0.3, -0.25) is 4.52 Å². The number of hydrogen-bond donors (Lipinski definition) is 2. The van der Waals surface area contributed by atoms with Crippen molar-refractivity contribution in [3.8, 4) is 0 Å². The summed E-state index contributed by atoms with van der Waals surface area (Å²) in [4.78, 5) is 20.7. The van der Waals surface area contributed by atoms with Gasteiger partial charge in [-0.2, -0.15) is 0 Å². The maximum Gasteiger partial charge on any atom is 0.401 e. The Hall–Kier alpha value is -0.910. The number of esters is 1. The third-order valence-electron chi connectivity index (χ3n) is 2.14. The fourth-order valence-electron chi connectivity index (χ4n) is 1.46. The molecular weight excluding hydrogens is 293 g/mol. The Labute approximate surface area is 116 Å². The highest BCUT2D eigenvalue weighted by atomic mass is 35.5. The van der Waals surface area contributed by atoms with Gasteiger partial charge in [0.15, 0.2) is 6.10 Å². The van der Waals surface area contributed by atoms with Gasteiger partial charge in [0.25, 0.3) is 0 Å². The molecule has 2 atom stereocenters. The van der Waals surface area contributed by atoms with E-state index in [0.717, 1.165) is 0 Å². The van der Waals surface area contributed by atoms with E-state index >= 15 is 0 Å². The second-order valence-electron chi connectivity index (χ2n) is 3.74. The molecule has 0 aliphatic rings. The minimum atomic E-state index is -4.28. The summed E-state index contributed by atoms with van der Waals surface area (Å²) in [6.45, 7) is 1.75. The molecule has 0 spiro atoms. The van der Waals surface area contributed by atoms with Crippen LogP contribution in [0, 0.1) is 0 Å². The van der Waals surface area contributed by atoms with Gasteiger partial charge in [-0.1, -0.05) is 23.7 Å². The molecule has 0 aliphatic heterocycles. The van der Waals surface area contributed by atoms with Crippen molar-refractivity contribution in [3.63, 3.8) is 0 Å². The lowest BCUT2D eigenvalue weighted by atomic mass is 10.1. The number of carbonyl (C=O) groups excluding carboxylic acids is 1. The molecular formula is C11H15ClNO5P. The van der Waals surface area contributed by atoms with Crippen molar-refractivity contribution in [1.29, 1.82) is 0 Å². The molecule has 1 rings (SSSR count). The number of hydrogen-bond acceptors (Lipinski definition) is 4. The average Bonchev–Trinajstić information content (AvgIpc) is 2.26. The third-order valence-corrected chi connectivity index (χ3v) is 2.93. The van der Waals surface area contributed by atoms with Gasteiger partial charge in [0.1, 0.15) is 0 Å². The lowest BCUT2D eigenvalue weighted by molar-refractivity contribution is -0.151. The number of halogens is 1. The van der Waals surface area contributed by atoms with E-state index in [1.165, 1.54) is 0 Å². The summed E-state index contributed by atoms with van der Waals surface area (Å²) in [5, 5.41) is 0.486. The standard InChI is InChI=1S/C11H15ClNO5P/c1-2-17-11(14)10(18-19(13,15)16)7-8-4-3-5-9(12)6-8/h3-6,10H,2,7H2,1H3,(H3,13,15,16). The van der Waals surface area contributed by atoms with E-state index in [9.17, 15) is 9.36 Å². The van der Waals surface area contributed by atoms with Gasteiger partial charge in [0.2, 0.25) is 0 Å². The lowest BCUT2D eigenvalue weighted by Crippen LogP contribution is -2.29. The highest BCUT2D eigenvalue weighted by Gasteiger charge is 2.28. The normalized spacial score (nSPS) is 15.6. The van der Waals surface area contributed by atoms with Gasteiger partial charge in [-0.25, -0.2) is 14.9 Å². The molecule has 106 valence electrons. The zero-order valence-corrected chi connectivity index (χ0v) is 11.9. The molecule has 1 aromatic rings. The summed E-state index contributed by atoms with van der Waals surface area (Å²) in [5.41, 5.74) is 5.57. The number of nitrogens with two attached hydrogens (primary N) is 1. The van der Waals surface area contributed by atoms with E-state index < -0.39 is 19.8 Å². The number of carbonyl (C=O) groups is 1. The van der Waals surface area contributed by atoms with Gasteiger partial charge in [-0.15, -0.1) is 0 Å². The minimum Gasteiger partial charge on any atom is -0.464 e. The highest BCUT2D eigenvalue weighted by molar-refractivity contribution is 7.50. The van der Waals surface area contributed by atoms with Gasteiger partial charge in [0, 0.05) is 11.4 Å². The topological polar surface area (TPSA) is 98.9 Å². The predicted octanol–water partition coefficient (Wildman–Crippen LogP) is 1.89. The van der Waals surface area contributed by atoms with E-state index in [4.69, 9.17) is 26.7 Å². The molecule has 0 radical (unpaired) electrons. The first kappa shape index (κ1) is 16.1. The van der Waals surface area contributed by atoms with Crippen LogP contribution in [0.2, 0.25) is 5.02 Å². The van der Waals surface area contributed by atoms with Crippen LogP contribution in [0.25, 0.3) is 0 Å². The predicted molar refractivity (Wildman–Crippen MR) is 70.7 cm³/mol. The minimum absolute atomic E-state index is 0.0428. The van der Waals surface area contributed by atoms with Crippen LogP contribution in [0.1, 0.15) is 12.5 Å². The van der Waals surface area contributed by atoms with Crippen molar-refractivity contribution < 1.29 is 23.5 Å². The number of ether oxygens (including phenoxy) is 1. The van der Waals surface area contributed by atoms with Crippen LogP contribution in [0.5, 0.6) is 0 Å². The monoisotopic (exact) mass is 307 g/mol. The maximum atomic E-state index is 11.6. The van der Waals surface area contributed by atoms with Crippen molar-refractivity contribution in [2.75, 3.05) is 6.61 Å². The van der Waals surface area contributed by atoms with Gasteiger partial charge in [-0.05, 0) is 24.6 Å². The van der Waals surface area contributed by atoms with E-state index in [1.807, 2.05) is 0 Å². The van der Waals surface area contributed by atoms with E-state index in [0.29, 0.717) is 10.6 Å². The van der Waals surface area contributed by atoms with E-state index in [2.05, 4.69) is 4.52 Å². The lowest BCUT2D eigenvalue weighted by Gasteiger charge is -2.17. The van der Waals surface area contributed by atoms with Gasteiger partial charge >= 0.3 is 13.7 Å². The molecule has 0 saturated heterocycles. The highest BCUT2D eigenvalue weighted by Crippen LogP contribution is 2.34. The van der Waals surface area contributed by atoms with Crippen LogP contribution in [0.15, 0.2) is 24.3 Å². The first-order valence-electron chi connectivity index (χ1n) is 5.52. The summed E-state index contributed by atoms with van der Waals surface area (Å²) in [6.07, 6.45) is -1.21. The van der Waals surface area contributed by atoms with Gasteiger partial charge in [0.05, 0.1) is 6.61 Å². The Morgan fingerprint density at radius 1 is 1.58 bits per heavy atom. The summed E-state index contributed by atoms with van der Waals surface area (Å²) in [7, 11) is -4.28. The summed E-state index contributed by atoms with van der Waals surface area (Å²) in [6, 6.07) is 6.70. The van der Waals surface area contributed by atoms with Crippen molar-refractivity contribution >= 4 is 25.3 Å². The molecule has 0 bridgehead atoms. The Morgan fingerprint density at radius 2 is 2.26 bits per heavy atom. The van der Waals surface area contributed by atoms with Crippen molar-refractivity contribution in [2.24, 2.45) is 5.50 Å². The van der Waals surface area contributed by atoms with Crippen molar-refractivity contribution in [1.82, 2.24) is 0 Å². The number of rotatable bonds is 6. The Morgan fingerprint density at radius 3 is 2.79 bits per heavy atom. The second-order valence-corrected chi connectivity index (χ2v) is 5.52. The fraction of sp³-hybridized carbons (Fsp3) is 0.364. The third kappa shape index (κ3) is 6.18. The summed E-state index contributed by atoms with van der Waals surface area (Å²) in [5.74, 6) is -0.748. The van der Waals surface area contributed by atoms with E-state index in [-0.39, 0.29) is 13.0 Å². The molecule has 19 heavy (non-hydrogen) atoms. The second kappa shape index (κ2) is 7.03. The van der Waals surface area contributed by atoms with Crippen LogP contribution in [-0.2, 0) is 25.0 Å². The molecule has 0 aromatic heterocycles.